The SMILES string of the molecule is Cc1ccc([C@@H](CNc2cc(-c3ccnc(N4CCOCC4)c3)nc(C)n2)N(C)C)cc1. The maximum atomic E-state index is 5.47. The van der Waals surface area contributed by atoms with E-state index in [1.807, 2.05) is 25.3 Å². The van der Waals surface area contributed by atoms with Gasteiger partial charge < -0.3 is 19.9 Å². The summed E-state index contributed by atoms with van der Waals surface area (Å²) in [5.41, 5.74) is 4.49. The average Bonchev–Trinajstić information content (AvgIpc) is 2.80. The van der Waals surface area contributed by atoms with E-state index < -0.39 is 0 Å². The number of benzene rings is 1. The van der Waals surface area contributed by atoms with Crippen LogP contribution in [0, 0.1) is 13.8 Å². The molecule has 0 bridgehead atoms. The van der Waals surface area contributed by atoms with Gasteiger partial charge in [-0.25, -0.2) is 15.0 Å². The molecule has 0 unspecified atom stereocenters. The van der Waals surface area contributed by atoms with Crippen molar-refractivity contribution in [1.29, 1.82) is 0 Å². The van der Waals surface area contributed by atoms with Gasteiger partial charge in [0.15, 0.2) is 0 Å². The van der Waals surface area contributed by atoms with E-state index in [-0.39, 0.29) is 6.04 Å². The second kappa shape index (κ2) is 10.1. The summed E-state index contributed by atoms with van der Waals surface area (Å²) < 4.78 is 5.47. The Morgan fingerprint density at radius 2 is 1.78 bits per heavy atom. The Hall–Kier alpha value is -3.03. The summed E-state index contributed by atoms with van der Waals surface area (Å²) in [6, 6.07) is 15.1. The van der Waals surface area contributed by atoms with Gasteiger partial charge in [0.1, 0.15) is 17.5 Å². The summed E-state index contributed by atoms with van der Waals surface area (Å²) in [6.45, 7) is 7.99. The van der Waals surface area contributed by atoms with Crippen LogP contribution < -0.4 is 10.2 Å². The van der Waals surface area contributed by atoms with Crippen molar-refractivity contribution in [1.82, 2.24) is 19.9 Å². The van der Waals surface area contributed by atoms with Gasteiger partial charge in [0.25, 0.3) is 0 Å². The van der Waals surface area contributed by atoms with Crippen LogP contribution in [0.15, 0.2) is 48.7 Å². The fraction of sp³-hybridized carbons (Fsp3) is 0.400. The van der Waals surface area contributed by atoms with Crippen molar-refractivity contribution in [3.05, 3.63) is 65.6 Å². The molecule has 1 fully saturated rings. The van der Waals surface area contributed by atoms with Crippen LogP contribution in [0.4, 0.5) is 11.6 Å². The molecule has 0 amide bonds. The number of pyridine rings is 1. The number of anilines is 2. The van der Waals surface area contributed by atoms with E-state index in [9.17, 15) is 0 Å². The molecule has 7 heteroatoms. The Morgan fingerprint density at radius 3 is 2.50 bits per heavy atom. The quantitative estimate of drug-likeness (QED) is 0.610. The number of hydrogen-bond acceptors (Lipinski definition) is 7. The fourth-order valence-electron chi connectivity index (χ4n) is 3.94. The Morgan fingerprint density at radius 1 is 1.03 bits per heavy atom. The second-order valence-corrected chi connectivity index (χ2v) is 8.46. The Bertz CT molecular complexity index is 1030. The van der Waals surface area contributed by atoms with E-state index in [1.165, 1.54) is 11.1 Å². The molecule has 0 saturated carbocycles. The molecule has 1 atom stereocenters. The number of nitrogens with one attached hydrogen (secondary N) is 1. The van der Waals surface area contributed by atoms with Crippen LogP contribution in [-0.4, -0.2) is 66.8 Å². The van der Waals surface area contributed by atoms with Crippen molar-refractivity contribution in [2.24, 2.45) is 0 Å². The van der Waals surface area contributed by atoms with Crippen molar-refractivity contribution in [3.63, 3.8) is 0 Å². The fourth-order valence-corrected chi connectivity index (χ4v) is 3.94. The average molecular weight is 433 g/mol. The van der Waals surface area contributed by atoms with E-state index >= 15 is 0 Å². The summed E-state index contributed by atoms with van der Waals surface area (Å²) in [7, 11) is 4.21. The number of hydrogen-bond donors (Lipinski definition) is 1. The predicted octanol–water partition coefficient (Wildman–Crippen LogP) is 3.71. The molecule has 32 heavy (non-hydrogen) atoms. The number of morpholine rings is 1. The molecule has 1 aliphatic rings. The molecule has 1 aromatic carbocycles. The van der Waals surface area contributed by atoms with Crippen molar-refractivity contribution in [2.45, 2.75) is 19.9 Å². The predicted molar refractivity (Wildman–Crippen MR) is 129 cm³/mol. The highest BCUT2D eigenvalue weighted by Gasteiger charge is 2.16. The first-order valence-electron chi connectivity index (χ1n) is 11.1. The zero-order valence-electron chi connectivity index (χ0n) is 19.4. The lowest BCUT2D eigenvalue weighted by atomic mass is 10.0. The van der Waals surface area contributed by atoms with Crippen LogP contribution in [0.3, 0.4) is 0 Å². The third-order valence-electron chi connectivity index (χ3n) is 5.78. The summed E-state index contributed by atoms with van der Waals surface area (Å²) in [5, 5.41) is 3.53. The topological polar surface area (TPSA) is 66.4 Å². The highest BCUT2D eigenvalue weighted by molar-refractivity contribution is 5.65. The Kier molecular flexibility index (Phi) is 6.97. The van der Waals surface area contributed by atoms with Crippen molar-refractivity contribution in [3.8, 4) is 11.3 Å². The zero-order valence-corrected chi connectivity index (χ0v) is 19.4. The molecular weight excluding hydrogens is 400 g/mol. The number of ether oxygens (including phenoxy) is 1. The molecule has 4 rings (SSSR count). The number of nitrogens with zero attached hydrogens (tertiary/aromatic N) is 5. The standard InChI is InChI=1S/C25H32N6O/c1-18-5-7-20(8-6-18)23(30(3)4)17-27-24-16-22(28-19(2)29-24)21-9-10-26-25(15-21)31-11-13-32-14-12-31/h5-10,15-16,23H,11-14,17H2,1-4H3,(H,27,28,29)/t23-/m1/s1. The van der Waals surface area contributed by atoms with Gasteiger partial charge in [-0.2, -0.15) is 0 Å². The van der Waals surface area contributed by atoms with Gasteiger partial charge in [0.05, 0.1) is 24.9 Å². The monoisotopic (exact) mass is 432 g/mol. The third kappa shape index (κ3) is 5.41. The first kappa shape index (κ1) is 22.2. The lowest BCUT2D eigenvalue weighted by molar-refractivity contribution is 0.122. The number of likely N-dealkylation sites (N-methyl/N-ethyl adjacent to an activating group) is 1. The van der Waals surface area contributed by atoms with E-state index in [1.54, 1.807) is 0 Å². The van der Waals surface area contributed by atoms with Gasteiger partial charge in [-0.3, -0.25) is 0 Å². The van der Waals surface area contributed by atoms with Crippen LogP contribution in [0.25, 0.3) is 11.3 Å². The molecule has 0 aliphatic carbocycles. The van der Waals surface area contributed by atoms with Gasteiger partial charge in [-0.15, -0.1) is 0 Å². The highest BCUT2D eigenvalue weighted by Crippen LogP contribution is 2.25. The highest BCUT2D eigenvalue weighted by atomic mass is 16.5. The number of rotatable bonds is 7. The van der Waals surface area contributed by atoms with E-state index in [4.69, 9.17) is 4.74 Å². The van der Waals surface area contributed by atoms with E-state index in [2.05, 4.69) is 81.4 Å². The van der Waals surface area contributed by atoms with Gasteiger partial charge in [-0.1, -0.05) is 29.8 Å². The van der Waals surface area contributed by atoms with Gasteiger partial charge in [-0.05, 0) is 45.6 Å². The Balaban J connectivity index is 1.53. The third-order valence-corrected chi connectivity index (χ3v) is 5.78. The second-order valence-electron chi connectivity index (χ2n) is 8.46. The van der Waals surface area contributed by atoms with Gasteiger partial charge in [0.2, 0.25) is 0 Å². The summed E-state index contributed by atoms with van der Waals surface area (Å²) in [4.78, 5) is 18.4. The summed E-state index contributed by atoms with van der Waals surface area (Å²) >= 11 is 0. The number of aromatic nitrogens is 3. The molecule has 1 N–H and O–H groups in total. The van der Waals surface area contributed by atoms with Crippen molar-refractivity contribution >= 4 is 11.6 Å². The zero-order chi connectivity index (χ0) is 22.5. The van der Waals surface area contributed by atoms with Gasteiger partial charge in [0, 0.05) is 37.5 Å². The first-order chi connectivity index (χ1) is 15.5. The lowest BCUT2D eigenvalue weighted by Gasteiger charge is -2.28. The summed E-state index contributed by atoms with van der Waals surface area (Å²) in [6.07, 6.45) is 1.85. The minimum atomic E-state index is 0.239. The minimum Gasteiger partial charge on any atom is -0.378 e. The summed E-state index contributed by atoms with van der Waals surface area (Å²) in [5.74, 6) is 2.53. The van der Waals surface area contributed by atoms with Crippen LogP contribution in [0.2, 0.25) is 0 Å². The molecule has 1 aliphatic heterocycles. The van der Waals surface area contributed by atoms with Crippen LogP contribution >= 0.6 is 0 Å². The Labute approximate surface area is 190 Å². The van der Waals surface area contributed by atoms with E-state index in [0.717, 1.165) is 61.6 Å². The molecule has 168 valence electrons. The van der Waals surface area contributed by atoms with Crippen molar-refractivity contribution in [2.75, 3.05) is 57.2 Å². The molecule has 1 saturated heterocycles. The van der Waals surface area contributed by atoms with Crippen LogP contribution in [-0.2, 0) is 4.74 Å². The molecule has 0 spiro atoms. The maximum absolute atomic E-state index is 5.47. The normalized spacial score (nSPS) is 15.1. The van der Waals surface area contributed by atoms with E-state index in [0.29, 0.717) is 0 Å². The largest absolute Gasteiger partial charge is 0.378 e. The molecule has 7 nitrogen and oxygen atoms in total. The smallest absolute Gasteiger partial charge is 0.130 e. The van der Waals surface area contributed by atoms with Crippen LogP contribution in [0.1, 0.15) is 23.0 Å². The number of aryl methyl sites for hydroxylation is 2. The molecule has 2 aromatic heterocycles. The lowest BCUT2D eigenvalue weighted by Crippen LogP contribution is -2.36. The van der Waals surface area contributed by atoms with Gasteiger partial charge >= 0.3 is 0 Å². The van der Waals surface area contributed by atoms with Crippen molar-refractivity contribution < 1.29 is 4.74 Å². The van der Waals surface area contributed by atoms with Crippen LogP contribution in [0.5, 0.6) is 0 Å². The molecular formula is C25H32N6O. The maximum Gasteiger partial charge on any atom is 0.130 e. The molecule has 0 radical (unpaired) electrons. The first-order valence-corrected chi connectivity index (χ1v) is 11.1. The molecule has 3 aromatic rings. The molecule has 3 heterocycles. The minimum absolute atomic E-state index is 0.239.